The molecule has 0 saturated carbocycles. The number of ether oxygens (including phenoxy) is 3. The molecule has 2 fully saturated rings. The Hall–Kier alpha value is -2.53. The zero-order valence-electron chi connectivity index (χ0n) is 16.5. The summed E-state index contributed by atoms with van der Waals surface area (Å²) < 4.78 is 22.8. The normalized spacial score (nSPS) is 25.6. The number of aromatic amines is 1. The average Bonchev–Trinajstić information content (AvgIpc) is 3.47. The third-order valence-corrected chi connectivity index (χ3v) is 5.46. The number of imidazole rings is 1. The van der Waals surface area contributed by atoms with Crippen molar-refractivity contribution in [3.8, 4) is 6.01 Å². The van der Waals surface area contributed by atoms with Crippen LogP contribution in [0, 0.1) is 0 Å². The molecule has 0 amide bonds. The molecule has 2 aliphatic rings. The molecule has 5 heterocycles. The number of fused-ring (bicyclic) bond motifs is 2. The van der Waals surface area contributed by atoms with Gasteiger partial charge >= 0.3 is 0 Å². The molecule has 2 aliphatic heterocycles. The van der Waals surface area contributed by atoms with E-state index in [1.54, 1.807) is 6.07 Å². The lowest BCUT2D eigenvalue weighted by atomic mass is 10.1. The highest BCUT2D eigenvalue weighted by atomic mass is 35.5. The van der Waals surface area contributed by atoms with Crippen LogP contribution in [-0.2, 0) is 16.0 Å². The number of halogens is 1. The molecule has 0 aromatic carbocycles. The first kappa shape index (κ1) is 19.4. The molecule has 3 aromatic rings. The second kappa shape index (κ2) is 7.62. The summed E-state index contributed by atoms with van der Waals surface area (Å²) in [7, 11) is 3.83. The molecule has 0 radical (unpaired) electrons. The molecule has 160 valence electrons. The van der Waals surface area contributed by atoms with Crippen molar-refractivity contribution in [2.75, 3.05) is 37.5 Å². The lowest BCUT2D eigenvalue weighted by Crippen LogP contribution is -2.34. The number of H-pyrrole nitrogens is 1. The first-order valence-electron chi connectivity index (χ1n) is 9.62. The molecule has 4 atom stereocenters. The van der Waals surface area contributed by atoms with Gasteiger partial charge in [-0.15, -0.1) is 0 Å². The summed E-state index contributed by atoms with van der Waals surface area (Å²) in [6, 6.07) is 5.83. The summed E-state index contributed by atoms with van der Waals surface area (Å²) in [5, 5.41) is 13.5. The van der Waals surface area contributed by atoms with E-state index < -0.39 is 6.10 Å². The molecule has 30 heavy (non-hydrogen) atoms. The van der Waals surface area contributed by atoms with Crippen LogP contribution >= 0.6 is 11.6 Å². The second-order valence-corrected chi connectivity index (χ2v) is 7.95. The van der Waals surface area contributed by atoms with Gasteiger partial charge in [-0.25, -0.2) is 4.98 Å². The van der Waals surface area contributed by atoms with E-state index in [9.17, 15) is 5.11 Å². The summed E-state index contributed by atoms with van der Waals surface area (Å²) in [5.41, 5.74) is 1.12. The highest BCUT2D eigenvalue weighted by molar-refractivity contribution is 6.33. The predicted octanol–water partition coefficient (Wildman–Crippen LogP) is 1.79. The molecule has 5 rings (SSSR count). The van der Waals surface area contributed by atoms with Crippen LogP contribution in [0.4, 0.5) is 11.7 Å². The Bertz CT molecular complexity index is 1050. The van der Waals surface area contributed by atoms with E-state index in [0.717, 1.165) is 11.6 Å². The summed E-state index contributed by atoms with van der Waals surface area (Å²) in [4.78, 5) is 13.8. The number of aliphatic hydroxyl groups is 1. The van der Waals surface area contributed by atoms with Gasteiger partial charge in [0.1, 0.15) is 29.9 Å². The molecule has 2 saturated heterocycles. The minimum Gasteiger partial charge on any atom is -0.456 e. The standard InChI is InChI=1S/C19H22ClN5O5/c1-25(2)14-4-3-9(29-14)6-21-17-10(20)5-11-18(23-17)24-19(22-11)30-13-8-28-15-12(26)7-27-16(13)15/h3-5,12-13,15-16,26H,6-8H2,1-2H3,(H2,21,22,23,24)/t12-,13-,15-,16-/m1/s1. The Labute approximate surface area is 177 Å². The summed E-state index contributed by atoms with van der Waals surface area (Å²) >= 11 is 6.37. The maximum absolute atomic E-state index is 9.85. The van der Waals surface area contributed by atoms with Gasteiger partial charge in [-0.1, -0.05) is 11.6 Å². The van der Waals surface area contributed by atoms with Crippen LogP contribution in [-0.4, -0.2) is 71.8 Å². The van der Waals surface area contributed by atoms with E-state index in [1.165, 1.54) is 0 Å². The number of nitrogens with one attached hydrogen (secondary N) is 2. The van der Waals surface area contributed by atoms with Crippen molar-refractivity contribution in [1.82, 2.24) is 15.0 Å². The maximum atomic E-state index is 9.85. The molecule has 10 nitrogen and oxygen atoms in total. The fourth-order valence-corrected chi connectivity index (χ4v) is 3.85. The van der Waals surface area contributed by atoms with Crippen molar-refractivity contribution in [3.05, 3.63) is 29.0 Å². The molecule has 0 spiro atoms. The van der Waals surface area contributed by atoms with Gasteiger partial charge in [0.15, 0.2) is 17.6 Å². The van der Waals surface area contributed by atoms with Crippen LogP contribution in [0.3, 0.4) is 0 Å². The lowest BCUT2D eigenvalue weighted by Gasteiger charge is -2.15. The van der Waals surface area contributed by atoms with Crippen LogP contribution in [0.15, 0.2) is 22.6 Å². The number of rotatable bonds is 6. The zero-order valence-corrected chi connectivity index (χ0v) is 17.2. The quantitative estimate of drug-likeness (QED) is 0.532. The predicted molar refractivity (Wildman–Crippen MR) is 109 cm³/mol. The first-order valence-corrected chi connectivity index (χ1v) is 10.00. The summed E-state index contributed by atoms with van der Waals surface area (Å²) in [6.45, 7) is 0.998. The Morgan fingerprint density at radius 3 is 2.90 bits per heavy atom. The van der Waals surface area contributed by atoms with Gasteiger partial charge in [0.2, 0.25) is 0 Å². The number of furan rings is 1. The lowest BCUT2D eigenvalue weighted by molar-refractivity contribution is 0.00706. The van der Waals surface area contributed by atoms with Gasteiger partial charge in [-0.2, -0.15) is 4.98 Å². The summed E-state index contributed by atoms with van der Waals surface area (Å²) in [6.07, 6.45) is -1.67. The van der Waals surface area contributed by atoms with Crippen LogP contribution in [0.25, 0.3) is 11.2 Å². The largest absolute Gasteiger partial charge is 0.456 e. The number of anilines is 2. The van der Waals surface area contributed by atoms with Crippen LogP contribution in [0.2, 0.25) is 5.02 Å². The number of nitrogens with zero attached hydrogens (tertiary/aromatic N) is 3. The highest BCUT2D eigenvalue weighted by Crippen LogP contribution is 2.31. The minimum atomic E-state index is -0.628. The van der Waals surface area contributed by atoms with E-state index in [4.69, 9.17) is 30.2 Å². The Kier molecular flexibility index (Phi) is 4.94. The molecule has 11 heteroatoms. The average molecular weight is 436 g/mol. The molecular formula is C19H22ClN5O5. The van der Waals surface area contributed by atoms with Crippen molar-refractivity contribution in [2.24, 2.45) is 0 Å². The molecular weight excluding hydrogens is 414 g/mol. The SMILES string of the molecule is CN(C)c1ccc(CNc2nc3nc(O[C@@H]4CO[C@H]5[C@@H]4OC[C@H]5O)[nH]c3cc2Cl)o1. The maximum Gasteiger partial charge on any atom is 0.296 e. The van der Waals surface area contributed by atoms with Crippen LogP contribution in [0.1, 0.15) is 5.76 Å². The van der Waals surface area contributed by atoms with Crippen molar-refractivity contribution < 1.29 is 23.7 Å². The van der Waals surface area contributed by atoms with Crippen molar-refractivity contribution in [3.63, 3.8) is 0 Å². The Morgan fingerprint density at radius 1 is 1.27 bits per heavy atom. The molecule has 0 bridgehead atoms. The van der Waals surface area contributed by atoms with Crippen molar-refractivity contribution in [1.29, 1.82) is 0 Å². The molecule has 0 unspecified atom stereocenters. The van der Waals surface area contributed by atoms with Gasteiger partial charge in [-0.3, -0.25) is 0 Å². The highest BCUT2D eigenvalue weighted by Gasteiger charge is 2.48. The zero-order chi connectivity index (χ0) is 20.8. The van der Waals surface area contributed by atoms with E-state index >= 15 is 0 Å². The van der Waals surface area contributed by atoms with E-state index in [-0.39, 0.29) is 24.9 Å². The van der Waals surface area contributed by atoms with Crippen LogP contribution < -0.4 is 15.0 Å². The van der Waals surface area contributed by atoms with Crippen molar-refractivity contribution >= 4 is 34.5 Å². The summed E-state index contributed by atoms with van der Waals surface area (Å²) in [5.74, 6) is 2.03. The van der Waals surface area contributed by atoms with E-state index in [1.807, 2.05) is 31.1 Å². The van der Waals surface area contributed by atoms with E-state index in [0.29, 0.717) is 41.2 Å². The third-order valence-electron chi connectivity index (χ3n) is 5.17. The fourth-order valence-electron chi connectivity index (χ4n) is 3.64. The Morgan fingerprint density at radius 2 is 2.10 bits per heavy atom. The number of aliphatic hydroxyl groups excluding tert-OH is 1. The molecule has 0 aliphatic carbocycles. The molecule has 3 aromatic heterocycles. The fraction of sp³-hybridized carbons (Fsp3) is 0.474. The van der Waals surface area contributed by atoms with Gasteiger partial charge < -0.3 is 38.9 Å². The Balaban J connectivity index is 1.29. The first-order chi connectivity index (χ1) is 14.5. The van der Waals surface area contributed by atoms with Gasteiger partial charge in [-0.05, 0) is 12.1 Å². The smallest absolute Gasteiger partial charge is 0.296 e. The molecule has 3 N–H and O–H groups in total. The number of hydrogen-bond acceptors (Lipinski definition) is 9. The number of aromatic nitrogens is 3. The number of pyridine rings is 1. The van der Waals surface area contributed by atoms with Crippen molar-refractivity contribution in [2.45, 2.75) is 31.0 Å². The topological polar surface area (TPSA) is 118 Å². The van der Waals surface area contributed by atoms with E-state index in [2.05, 4.69) is 20.3 Å². The monoisotopic (exact) mass is 435 g/mol. The minimum absolute atomic E-state index is 0.243. The third kappa shape index (κ3) is 3.56. The van der Waals surface area contributed by atoms with Gasteiger partial charge in [0.25, 0.3) is 6.01 Å². The van der Waals surface area contributed by atoms with Gasteiger partial charge in [0.05, 0.1) is 30.3 Å². The second-order valence-electron chi connectivity index (χ2n) is 7.54. The van der Waals surface area contributed by atoms with Crippen LogP contribution in [0.5, 0.6) is 6.01 Å². The van der Waals surface area contributed by atoms with Gasteiger partial charge in [0, 0.05) is 20.2 Å². The number of hydrogen-bond donors (Lipinski definition) is 3.